The van der Waals surface area contributed by atoms with Crippen molar-refractivity contribution in [3.8, 4) is 0 Å². The van der Waals surface area contributed by atoms with Gasteiger partial charge in [0.2, 0.25) is 0 Å². The van der Waals surface area contributed by atoms with Crippen LogP contribution < -0.4 is 5.32 Å². The smallest absolute Gasteiger partial charge is 0.130 e. The van der Waals surface area contributed by atoms with Crippen molar-refractivity contribution in [2.24, 2.45) is 0 Å². The molecule has 4 nitrogen and oxygen atoms in total. The summed E-state index contributed by atoms with van der Waals surface area (Å²) < 4.78 is 0. The van der Waals surface area contributed by atoms with Crippen LogP contribution in [0.2, 0.25) is 0 Å². The summed E-state index contributed by atoms with van der Waals surface area (Å²) in [5, 5.41) is 13.3. The number of aliphatic hydroxyl groups is 1. The van der Waals surface area contributed by atoms with Crippen LogP contribution in [0.5, 0.6) is 0 Å². The van der Waals surface area contributed by atoms with Crippen LogP contribution in [0.15, 0.2) is 18.3 Å². The molecular formula is C15H27N3O. The Bertz CT molecular complexity index is 374. The number of nitrogens with one attached hydrogen (secondary N) is 1. The van der Waals surface area contributed by atoms with Crippen LogP contribution in [-0.2, 0) is 6.54 Å². The van der Waals surface area contributed by atoms with Crippen LogP contribution in [0.1, 0.15) is 39.7 Å². The number of nitrogens with zero attached hydrogens (tertiary/aromatic N) is 2. The number of rotatable bonds is 8. The Kier molecular flexibility index (Phi) is 6.25. The van der Waals surface area contributed by atoms with Gasteiger partial charge in [-0.25, -0.2) is 4.98 Å². The highest BCUT2D eigenvalue weighted by Gasteiger charge is 2.18. The quantitative estimate of drug-likeness (QED) is 0.758. The molecule has 2 N–H and O–H groups in total. The SMILES string of the molecule is CCCNc1ncccc1CN(CC)CC(C)(C)O. The van der Waals surface area contributed by atoms with Gasteiger partial charge < -0.3 is 10.4 Å². The number of likely N-dealkylation sites (N-methyl/N-ethyl adjacent to an activating group) is 1. The molecule has 1 aromatic rings. The fraction of sp³-hybridized carbons (Fsp3) is 0.667. The van der Waals surface area contributed by atoms with Gasteiger partial charge in [-0.2, -0.15) is 0 Å². The van der Waals surface area contributed by atoms with Crippen molar-refractivity contribution in [3.63, 3.8) is 0 Å². The van der Waals surface area contributed by atoms with Gasteiger partial charge in [0.05, 0.1) is 5.60 Å². The van der Waals surface area contributed by atoms with Crippen molar-refractivity contribution >= 4 is 5.82 Å². The lowest BCUT2D eigenvalue weighted by molar-refractivity contribution is 0.0354. The molecule has 0 bridgehead atoms. The van der Waals surface area contributed by atoms with E-state index in [9.17, 15) is 5.11 Å². The lowest BCUT2D eigenvalue weighted by Crippen LogP contribution is -2.38. The summed E-state index contributed by atoms with van der Waals surface area (Å²) in [7, 11) is 0. The van der Waals surface area contributed by atoms with Crippen LogP contribution in [0.4, 0.5) is 5.82 Å². The van der Waals surface area contributed by atoms with E-state index >= 15 is 0 Å². The lowest BCUT2D eigenvalue weighted by atomic mass is 10.1. The Morgan fingerprint density at radius 2 is 2.11 bits per heavy atom. The standard InChI is InChI=1S/C15H27N3O/c1-5-9-16-14-13(8-7-10-17-14)11-18(6-2)12-15(3,4)19/h7-8,10,19H,5-6,9,11-12H2,1-4H3,(H,16,17). The molecule has 1 heterocycles. The first-order chi connectivity index (χ1) is 8.96. The van der Waals surface area contributed by atoms with Gasteiger partial charge in [-0.05, 0) is 32.9 Å². The van der Waals surface area contributed by atoms with Crippen molar-refractivity contribution in [3.05, 3.63) is 23.9 Å². The molecule has 0 saturated heterocycles. The predicted molar refractivity (Wildman–Crippen MR) is 80.3 cm³/mol. The zero-order valence-corrected chi connectivity index (χ0v) is 12.6. The third-order valence-electron chi connectivity index (χ3n) is 2.89. The number of anilines is 1. The number of pyridine rings is 1. The van der Waals surface area contributed by atoms with Gasteiger partial charge in [0.15, 0.2) is 0 Å². The molecule has 0 saturated carbocycles. The van der Waals surface area contributed by atoms with E-state index in [1.54, 1.807) is 0 Å². The third-order valence-corrected chi connectivity index (χ3v) is 2.89. The molecule has 0 fully saturated rings. The molecular weight excluding hydrogens is 238 g/mol. The van der Waals surface area contributed by atoms with Gasteiger partial charge >= 0.3 is 0 Å². The molecule has 0 aliphatic carbocycles. The van der Waals surface area contributed by atoms with Gasteiger partial charge in [0.1, 0.15) is 5.82 Å². The fourth-order valence-corrected chi connectivity index (χ4v) is 2.04. The van der Waals surface area contributed by atoms with E-state index in [0.717, 1.165) is 31.9 Å². The largest absolute Gasteiger partial charge is 0.389 e. The molecule has 4 heteroatoms. The number of aromatic nitrogens is 1. The summed E-state index contributed by atoms with van der Waals surface area (Å²) >= 11 is 0. The van der Waals surface area contributed by atoms with E-state index in [2.05, 4.69) is 35.1 Å². The molecule has 0 radical (unpaired) electrons. The Morgan fingerprint density at radius 3 is 2.68 bits per heavy atom. The van der Waals surface area contributed by atoms with Gasteiger partial charge in [0.25, 0.3) is 0 Å². The minimum atomic E-state index is -0.671. The van der Waals surface area contributed by atoms with E-state index in [1.807, 2.05) is 26.1 Å². The highest BCUT2D eigenvalue weighted by atomic mass is 16.3. The molecule has 0 aliphatic heterocycles. The second-order valence-corrected chi connectivity index (χ2v) is 5.55. The molecule has 0 amide bonds. The molecule has 0 unspecified atom stereocenters. The Hall–Kier alpha value is -1.13. The second kappa shape index (κ2) is 7.46. The van der Waals surface area contributed by atoms with E-state index in [-0.39, 0.29) is 0 Å². The molecule has 0 aliphatic rings. The first-order valence-electron chi connectivity index (χ1n) is 7.08. The first-order valence-corrected chi connectivity index (χ1v) is 7.08. The van der Waals surface area contributed by atoms with E-state index in [4.69, 9.17) is 0 Å². The van der Waals surface area contributed by atoms with Gasteiger partial charge in [-0.1, -0.05) is 19.9 Å². The fourth-order valence-electron chi connectivity index (χ4n) is 2.04. The highest BCUT2D eigenvalue weighted by Crippen LogP contribution is 2.16. The molecule has 108 valence electrons. The summed E-state index contributed by atoms with van der Waals surface area (Å²) in [4.78, 5) is 6.63. The van der Waals surface area contributed by atoms with Crippen molar-refractivity contribution < 1.29 is 5.11 Å². The maximum Gasteiger partial charge on any atom is 0.130 e. The Balaban J connectivity index is 2.73. The summed E-state index contributed by atoms with van der Waals surface area (Å²) in [6, 6.07) is 4.06. The number of hydrogen-bond donors (Lipinski definition) is 2. The van der Waals surface area contributed by atoms with Crippen LogP contribution >= 0.6 is 0 Å². The summed E-state index contributed by atoms with van der Waals surface area (Å²) in [6.07, 6.45) is 2.89. The zero-order chi connectivity index (χ0) is 14.3. The molecule has 1 aromatic heterocycles. The van der Waals surface area contributed by atoms with E-state index in [0.29, 0.717) is 6.54 Å². The van der Waals surface area contributed by atoms with Crippen molar-refractivity contribution in [2.75, 3.05) is 25.0 Å². The van der Waals surface area contributed by atoms with E-state index in [1.165, 1.54) is 5.56 Å². The molecule has 1 rings (SSSR count). The normalized spacial score (nSPS) is 11.9. The Labute approximate surface area is 116 Å². The van der Waals surface area contributed by atoms with Crippen molar-refractivity contribution in [1.82, 2.24) is 9.88 Å². The summed E-state index contributed by atoms with van der Waals surface area (Å²) in [5.41, 5.74) is 0.511. The first kappa shape index (κ1) is 15.9. The lowest BCUT2D eigenvalue weighted by Gasteiger charge is -2.28. The average Bonchev–Trinajstić information content (AvgIpc) is 2.35. The van der Waals surface area contributed by atoms with E-state index < -0.39 is 5.60 Å². The molecule has 0 aromatic carbocycles. The molecule has 19 heavy (non-hydrogen) atoms. The van der Waals surface area contributed by atoms with Crippen molar-refractivity contribution in [1.29, 1.82) is 0 Å². The molecule has 0 atom stereocenters. The van der Waals surface area contributed by atoms with Crippen LogP contribution in [-0.4, -0.2) is 40.2 Å². The number of hydrogen-bond acceptors (Lipinski definition) is 4. The van der Waals surface area contributed by atoms with Crippen molar-refractivity contribution in [2.45, 2.75) is 46.3 Å². The third kappa shape index (κ3) is 6.03. The van der Waals surface area contributed by atoms with Gasteiger partial charge in [-0.15, -0.1) is 0 Å². The second-order valence-electron chi connectivity index (χ2n) is 5.55. The predicted octanol–water partition coefficient (Wildman–Crippen LogP) is 2.50. The highest BCUT2D eigenvalue weighted by molar-refractivity contribution is 5.43. The maximum atomic E-state index is 9.93. The maximum absolute atomic E-state index is 9.93. The summed E-state index contributed by atoms with van der Waals surface area (Å²) in [6.45, 7) is 11.2. The average molecular weight is 265 g/mol. The Morgan fingerprint density at radius 1 is 1.37 bits per heavy atom. The van der Waals surface area contributed by atoms with Gasteiger partial charge in [-0.3, -0.25) is 4.90 Å². The minimum absolute atomic E-state index is 0.658. The minimum Gasteiger partial charge on any atom is -0.389 e. The summed E-state index contributed by atoms with van der Waals surface area (Å²) in [5.74, 6) is 0.957. The van der Waals surface area contributed by atoms with Crippen LogP contribution in [0, 0.1) is 0 Å². The topological polar surface area (TPSA) is 48.4 Å². The van der Waals surface area contributed by atoms with Gasteiger partial charge in [0, 0.05) is 31.4 Å². The molecule has 0 spiro atoms. The zero-order valence-electron chi connectivity index (χ0n) is 12.6. The van der Waals surface area contributed by atoms with Crippen LogP contribution in [0.3, 0.4) is 0 Å². The monoisotopic (exact) mass is 265 g/mol. The van der Waals surface area contributed by atoms with Crippen LogP contribution in [0.25, 0.3) is 0 Å².